The van der Waals surface area contributed by atoms with Gasteiger partial charge in [0.2, 0.25) is 5.91 Å². The molecule has 21 heavy (non-hydrogen) atoms. The van der Waals surface area contributed by atoms with Crippen molar-refractivity contribution in [3.63, 3.8) is 0 Å². The average molecular weight is 294 g/mol. The van der Waals surface area contributed by atoms with Crippen LogP contribution in [0.5, 0.6) is 0 Å². The van der Waals surface area contributed by atoms with Crippen molar-refractivity contribution in [2.24, 2.45) is 5.73 Å². The van der Waals surface area contributed by atoms with Gasteiger partial charge in [0.05, 0.1) is 19.8 Å². The van der Waals surface area contributed by atoms with Crippen LogP contribution in [-0.4, -0.2) is 31.8 Å². The van der Waals surface area contributed by atoms with Crippen LogP contribution < -0.4 is 11.1 Å². The van der Waals surface area contributed by atoms with Gasteiger partial charge in [0, 0.05) is 24.8 Å². The van der Waals surface area contributed by atoms with Crippen LogP contribution in [0.3, 0.4) is 0 Å². The zero-order valence-electron chi connectivity index (χ0n) is 13.1. The summed E-state index contributed by atoms with van der Waals surface area (Å²) in [7, 11) is 1.64. The average Bonchev–Trinajstić information content (AvgIpc) is 2.41. The maximum absolute atomic E-state index is 11.9. The number of anilines is 1. The highest BCUT2D eigenvalue weighted by Crippen LogP contribution is 2.13. The normalized spacial score (nSPS) is 11.4. The van der Waals surface area contributed by atoms with Crippen LogP contribution in [0.25, 0.3) is 0 Å². The molecule has 0 aliphatic carbocycles. The van der Waals surface area contributed by atoms with E-state index in [1.54, 1.807) is 7.11 Å². The molecule has 0 bridgehead atoms. The highest BCUT2D eigenvalue weighted by molar-refractivity contribution is 5.90. The molecule has 5 nitrogen and oxygen atoms in total. The van der Waals surface area contributed by atoms with Gasteiger partial charge in [0.25, 0.3) is 0 Å². The van der Waals surface area contributed by atoms with Crippen molar-refractivity contribution in [3.8, 4) is 0 Å². The summed E-state index contributed by atoms with van der Waals surface area (Å²) in [6.07, 6.45) is 1.07. The quantitative estimate of drug-likeness (QED) is 0.685. The van der Waals surface area contributed by atoms with Gasteiger partial charge in [0.15, 0.2) is 0 Å². The molecule has 0 unspecified atom stereocenters. The first-order valence-electron chi connectivity index (χ1n) is 7.15. The number of rotatable bonds is 9. The van der Waals surface area contributed by atoms with E-state index in [4.69, 9.17) is 15.2 Å². The standard InChI is InChI=1S/C16H26N2O3/c1-16(2,17)8-7-15(19)18-14-6-4-5-13(11-14)12-21-10-9-20-3/h4-6,11H,7-10,12,17H2,1-3H3,(H,18,19). The highest BCUT2D eigenvalue weighted by atomic mass is 16.5. The zero-order valence-corrected chi connectivity index (χ0v) is 13.1. The number of benzene rings is 1. The first-order chi connectivity index (χ1) is 9.90. The van der Waals surface area contributed by atoms with E-state index in [-0.39, 0.29) is 11.4 Å². The van der Waals surface area contributed by atoms with Crippen LogP contribution in [0, 0.1) is 0 Å². The molecule has 3 N–H and O–H groups in total. The van der Waals surface area contributed by atoms with E-state index in [0.29, 0.717) is 32.7 Å². The van der Waals surface area contributed by atoms with Crippen molar-refractivity contribution in [2.45, 2.75) is 38.8 Å². The third kappa shape index (κ3) is 8.45. The Hall–Kier alpha value is -1.43. The summed E-state index contributed by atoms with van der Waals surface area (Å²) in [5.74, 6) is -0.0222. The van der Waals surface area contributed by atoms with Crippen molar-refractivity contribution >= 4 is 11.6 Å². The van der Waals surface area contributed by atoms with Crippen molar-refractivity contribution < 1.29 is 14.3 Å². The molecule has 1 aromatic carbocycles. The third-order valence-corrected chi connectivity index (χ3v) is 2.91. The molecule has 0 spiro atoms. The van der Waals surface area contributed by atoms with E-state index in [9.17, 15) is 4.79 Å². The minimum atomic E-state index is -0.325. The topological polar surface area (TPSA) is 73.6 Å². The lowest BCUT2D eigenvalue weighted by Crippen LogP contribution is -2.33. The van der Waals surface area contributed by atoms with E-state index in [1.165, 1.54) is 0 Å². The molecular formula is C16H26N2O3. The van der Waals surface area contributed by atoms with Crippen molar-refractivity contribution in [1.82, 2.24) is 0 Å². The van der Waals surface area contributed by atoms with Crippen LogP contribution in [0.15, 0.2) is 24.3 Å². The molecule has 0 aliphatic heterocycles. The monoisotopic (exact) mass is 294 g/mol. The van der Waals surface area contributed by atoms with E-state index < -0.39 is 0 Å². The van der Waals surface area contributed by atoms with Gasteiger partial charge in [0.1, 0.15) is 0 Å². The molecule has 0 saturated heterocycles. The van der Waals surface area contributed by atoms with Gasteiger partial charge in [-0.3, -0.25) is 4.79 Å². The lowest BCUT2D eigenvalue weighted by Gasteiger charge is -2.17. The molecule has 0 aliphatic rings. The first kappa shape index (κ1) is 17.6. The lowest BCUT2D eigenvalue weighted by molar-refractivity contribution is -0.116. The predicted octanol–water partition coefficient (Wildman–Crippen LogP) is 2.31. The van der Waals surface area contributed by atoms with Crippen LogP contribution in [0.4, 0.5) is 5.69 Å². The number of hydrogen-bond donors (Lipinski definition) is 2. The molecule has 0 aromatic heterocycles. The Kier molecular flexibility index (Phi) is 7.36. The summed E-state index contributed by atoms with van der Waals surface area (Å²) in [4.78, 5) is 11.9. The molecule has 0 atom stereocenters. The molecular weight excluding hydrogens is 268 g/mol. The zero-order chi connectivity index (χ0) is 15.7. The van der Waals surface area contributed by atoms with Gasteiger partial charge in [-0.25, -0.2) is 0 Å². The van der Waals surface area contributed by atoms with Gasteiger partial charge < -0.3 is 20.5 Å². The van der Waals surface area contributed by atoms with Crippen LogP contribution in [-0.2, 0) is 20.9 Å². The molecule has 5 heteroatoms. The summed E-state index contributed by atoms with van der Waals surface area (Å²) in [5.41, 5.74) is 7.35. The number of nitrogens with one attached hydrogen (secondary N) is 1. The van der Waals surface area contributed by atoms with Gasteiger partial charge in [-0.05, 0) is 38.0 Å². The number of hydrogen-bond acceptors (Lipinski definition) is 4. The smallest absolute Gasteiger partial charge is 0.224 e. The van der Waals surface area contributed by atoms with E-state index in [1.807, 2.05) is 38.1 Å². The number of nitrogens with two attached hydrogens (primary N) is 1. The Morgan fingerprint density at radius 2 is 2.10 bits per heavy atom. The second-order valence-electron chi connectivity index (χ2n) is 5.78. The van der Waals surface area contributed by atoms with E-state index in [0.717, 1.165) is 11.3 Å². The predicted molar refractivity (Wildman–Crippen MR) is 84.1 cm³/mol. The van der Waals surface area contributed by atoms with Crippen LogP contribution in [0.2, 0.25) is 0 Å². The molecule has 0 heterocycles. The maximum atomic E-state index is 11.9. The molecule has 1 rings (SSSR count). The Labute approximate surface area is 126 Å². The molecule has 1 aromatic rings. The lowest BCUT2D eigenvalue weighted by atomic mass is 10.00. The van der Waals surface area contributed by atoms with Crippen molar-refractivity contribution in [1.29, 1.82) is 0 Å². The van der Waals surface area contributed by atoms with Crippen molar-refractivity contribution in [3.05, 3.63) is 29.8 Å². The molecule has 1 amide bonds. The summed E-state index contributed by atoms with van der Waals surface area (Å²) in [6, 6.07) is 7.64. The minimum absolute atomic E-state index is 0.0222. The Balaban J connectivity index is 2.43. The summed E-state index contributed by atoms with van der Waals surface area (Å²) in [5, 5.41) is 2.88. The molecule has 0 saturated carbocycles. The number of carbonyl (C=O) groups is 1. The Morgan fingerprint density at radius 1 is 1.33 bits per heavy atom. The molecule has 0 fully saturated rings. The van der Waals surface area contributed by atoms with Crippen molar-refractivity contribution in [2.75, 3.05) is 25.6 Å². The summed E-state index contributed by atoms with van der Waals surface area (Å²) >= 11 is 0. The van der Waals surface area contributed by atoms with Gasteiger partial charge in [-0.15, -0.1) is 0 Å². The second kappa shape index (κ2) is 8.77. The number of ether oxygens (including phenoxy) is 2. The number of amides is 1. The SMILES string of the molecule is COCCOCc1cccc(NC(=O)CCC(C)(C)N)c1. The minimum Gasteiger partial charge on any atom is -0.382 e. The van der Waals surface area contributed by atoms with E-state index >= 15 is 0 Å². The first-order valence-corrected chi connectivity index (χ1v) is 7.15. The van der Waals surface area contributed by atoms with Gasteiger partial charge >= 0.3 is 0 Å². The van der Waals surface area contributed by atoms with Gasteiger partial charge in [-0.2, -0.15) is 0 Å². The third-order valence-electron chi connectivity index (χ3n) is 2.91. The fourth-order valence-electron chi connectivity index (χ4n) is 1.73. The summed E-state index contributed by atoms with van der Waals surface area (Å²) < 4.78 is 10.4. The molecule has 0 radical (unpaired) electrons. The van der Waals surface area contributed by atoms with E-state index in [2.05, 4.69) is 5.32 Å². The fourth-order valence-corrected chi connectivity index (χ4v) is 1.73. The fraction of sp³-hybridized carbons (Fsp3) is 0.562. The Bertz CT molecular complexity index is 441. The summed E-state index contributed by atoms with van der Waals surface area (Å²) in [6.45, 7) is 5.46. The highest BCUT2D eigenvalue weighted by Gasteiger charge is 2.13. The largest absolute Gasteiger partial charge is 0.382 e. The number of methoxy groups -OCH3 is 1. The number of carbonyl (C=O) groups excluding carboxylic acids is 1. The van der Waals surface area contributed by atoms with Crippen LogP contribution >= 0.6 is 0 Å². The maximum Gasteiger partial charge on any atom is 0.224 e. The van der Waals surface area contributed by atoms with Gasteiger partial charge in [-0.1, -0.05) is 12.1 Å². The Morgan fingerprint density at radius 3 is 2.76 bits per heavy atom. The second-order valence-corrected chi connectivity index (χ2v) is 5.78. The van der Waals surface area contributed by atoms with Crippen LogP contribution in [0.1, 0.15) is 32.3 Å². The molecule has 118 valence electrons.